The van der Waals surface area contributed by atoms with E-state index in [0.29, 0.717) is 18.8 Å². The van der Waals surface area contributed by atoms with Gasteiger partial charge in [-0.3, -0.25) is 4.79 Å². The van der Waals surface area contributed by atoms with Crippen molar-refractivity contribution < 1.29 is 14.3 Å². The Hall–Kier alpha value is -0.130. The molecule has 1 aliphatic heterocycles. The van der Waals surface area contributed by atoms with Gasteiger partial charge >= 0.3 is 5.97 Å². The van der Waals surface area contributed by atoms with E-state index >= 15 is 0 Å². The van der Waals surface area contributed by atoms with Crippen LogP contribution in [0, 0.1) is 11.8 Å². The van der Waals surface area contributed by atoms with Gasteiger partial charge in [-0.15, -0.1) is 0 Å². The van der Waals surface area contributed by atoms with Crippen LogP contribution in [-0.4, -0.2) is 21.8 Å². The number of carbonyl (C=O) groups is 2. The second kappa shape index (κ2) is 4.03. The molecular formula is C11H15IO3. The molecule has 0 spiro atoms. The van der Waals surface area contributed by atoms with Gasteiger partial charge in [0.1, 0.15) is 11.4 Å². The minimum absolute atomic E-state index is 0.0788. The Bertz CT molecular complexity index is 302. The molecule has 0 N–H and O–H groups in total. The normalized spacial score (nSPS) is 38.9. The van der Waals surface area contributed by atoms with E-state index in [1.54, 1.807) is 6.92 Å². The van der Waals surface area contributed by atoms with Gasteiger partial charge in [-0.25, -0.2) is 0 Å². The highest BCUT2D eigenvalue weighted by atomic mass is 127. The number of rotatable bonds is 3. The van der Waals surface area contributed by atoms with Gasteiger partial charge in [0, 0.05) is 22.7 Å². The van der Waals surface area contributed by atoms with Crippen molar-refractivity contribution in [2.24, 2.45) is 11.8 Å². The lowest BCUT2D eigenvalue weighted by Crippen LogP contribution is -2.40. The molecule has 84 valence electrons. The number of alkyl halides is 1. The summed E-state index contributed by atoms with van der Waals surface area (Å²) >= 11 is 2.28. The highest BCUT2D eigenvalue weighted by Gasteiger charge is 2.57. The summed E-state index contributed by atoms with van der Waals surface area (Å²) in [4.78, 5) is 22.5. The van der Waals surface area contributed by atoms with E-state index in [1.807, 2.05) is 0 Å². The Labute approximate surface area is 103 Å². The number of esters is 1. The highest BCUT2D eigenvalue weighted by Crippen LogP contribution is 2.51. The number of carbonyl (C=O) groups excluding carboxylic acids is 2. The molecule has 0 aromatic rings. The van der Waals surface area contributed by atoms with Crippen molar-refractivity contribution in [3.05, 3.63) is 0 Å². The first-order valence-electron chi connectivity index (χ1n) is 5.35. The molecule has 2 rings (SSSR count). The maximum absolute atomic E-state index is 11.3. The number of hydrogen-bond acceptors (Lipinski definition) is 3. The van der Waals surface area contributed by atoms with Gasteiger partial charge in [-0.05, 0) is 19.8 Å². The zero-order chi connectivity index (χ0) is 11.1. The molecule has 3 nitrogen and oxygen atoms in total. The molecule has 1 saturated carbocycles. The molecule has 0 aromatic heterocycles. The van der Waals surface area contributed by atoms with Gasteiger partial charge in [0.15, 0.2) is 0 Å². The summed E-state index contributed by atoms with van der Waals surface area (Å²) in [5.41, 5.74) is -0.316. The molecule has 15 heavy (non-hydrogen) atoms. The smallest absolute Gasteiger partial charge is 0.306 e. The Morgan fingerprint density at radius 3 is 2.93 bits per heavy atom. The fraction of sp³-hybridized carbons (Fsp3) is 0.818. The summed E-state index contributed by atoms with van der Waals surface area (Å²) < 4.78 is 6.36. The van der Waals surface area contributed by atoms with Gasteiger partial charge in [-0.1, -0.05) is 22.6 Å². The Morgan fingerprint density at radius 1 is 1.60 bits per heavy atom. The van der Waals surface area contributed by atoms with Gasteiger partial charge in [-0.2, -0.15) is 0 Å². The molecule has 0 amide bonds. The molecular weight excluding hydrogens is 307 g/mol. The van der Waals surface area contributed by atoms with E-state index in [9.17, 15) is 9.59 Å². The molecule has 4 heteroatoms. The molecule has 2 fully saturated rings. The summed E-state index contributed by atoms with van der Waals surface area (Å²) in [7, 11) is 0. The molecule has 0 unspecified atom stereocenters. The lowest BCUT2D eigenvalue weighted by atomic mass is 9.84. The molecule has 0 bridgehead atoms. The first kappa shape index (κ1) is 11.4. The third-order valence-corrected chi connectivity index (χ3v) is 4.90. The lowest BCUT2D eigenvalue weighted by molar-refractivity contribution is -0.151. The maximum atomic E-state index is 11.3. The van der Waals surface area contributed by atoms with Crippen molar-refractivity contribution in [2.75, 3.05) is 4.43 Å². The number of halogens is 1. The number of fused-ring (bicyclic) bond motifs is 1. The highest BCUT2D eigenvalue weighted by molar-refractivity contribution is 14.1. The summed E-state index contributed by atoms with van der Waals surface area (Å²) in [5.74, 6) is 0.729. The monoisotopic (exact) mass is 322 g/mol. The number of ether oxygens (including phenoxy) is 1. The number of hydrogen-bond donors (Lipinski definition) is 0. The first-order valence-corrected chi connectivity index (χ1v) is 6.88. The van der Waals surface area contributed by atoms with Gasteiger partial charge in [0.25, 0.3) is 0 Å². The molecule has 3 atom stereocenters. The fourth-order valence-electron chi connectivity index (χ4n) is 2.99. The second-order valence-electron chi connectivity index (χ2n) is 4.64. The van der Waals surface area contributed by atoms with Crippen LogP contribution in [0.25, 0.3) is 0 Å². The van der Waals surface area contributed by atoms with Crippen LogP contribution in [0.3, 0.4) is 0 Å². The number of Topliss-reactive ketones (excluding diaryl/α,β-unsaturated/α-hetero) is 1. The Balaban J connectivity index is 2.20. The molecule has 1 aliphatic carbocycles. The average Bonchev–Trinajstić information content (AvgIpc) is 2.62. The van der Waals surface area contributed by atoms with Crippen LogP contribution in [0.5, 0.6) is 0 Å². The van der Waals surface area contributed by atoms with E-state index in [2.05, 4.69) is 22.6 Å². The van der Waals surface area contributed by atoms with Gasteiger partial charge in [0.2, 0.25) is 0 Å². The van der Waals surface area contributed by atoms with E-state index in [0.717, 1.165) is 17.3 Å². The van der Waals surface area contributed by atoms with Crippen molar-refractivity contribution in [1.82, 2.24) is 0 Å². The summed E-state index contributed by atoms with van der Waals surface area (Å²) in [6.45, 7) is 1.62. The predicted octanol–water partition coefficient (Wildman–Crippen LogP) is 2.11. The molecule has 0 radical (unpaired) electrons. The second-order valence-corrected chi connectivity index (χ2v) is 5.41. The van der Waals surface area contributed by atoms with E-state index < -0.39 is 0 Å². The van der Waals surface area contributed by atoms with Crippen molar-refractivity contribution in [3.63, 3.8) is 0 Å². The van der Waals surface area contributed by atoms with Crippen LogP contribution in [0.1, 0.15) is 32.6 Å². The van der Waals surface area contributed by atoms with Crippen LogP contribution < -0.4 is 0 Å². The molecule has 2 aliphatic rings. The summed E-state index contributed by atoms with van der Waals surface area (Å²) in [6, 6.07) is 0. The fourth-order valence-corrected chi connectivity index (χ4v) is 4.39. The average molecular weight is 322 g/mol. The minimum atomic E-state index is -0.316. The topological polar surface area (TPSA) is 43.4 Å². The van der Waals surface area contributed by atoms with Crippen LogP contribution in [0.2, 0.25) is 0 Å². The van der Waals surface area contributed by atoms with Crippen LogP contribution in [0.15, 0.2) is 0 Å². The third kappa shape index (κ3) is 1.81. The third-order valence-electron chi connectivity index (χ3n) is 3.71. The largest absolute Gasteiger partial charge is 0.458 e. The van der Waals surface area contributed by atoms with Crippen LogP contribution >= 0.6 is 22.6 Å². The van der Waals surface area contributed by atoms with E-state index in [-0.39, 0.29) is 23.3 Å². The Kier molecular flexibility index (Phi) is 3.05. The predicted molar refractivity (Wildman–Crippen MR) is 63.8 cm³/mol. The molecule has 1 saturated heterocycles. The van der Waals surface area contributed by atoms with Crippen molar-refractivity contribution >= 4 is 34.3 Å². The quantitative estimate of drug-likeness (QED) is 0.454. The summed E-state index contributed by atoms with van der Waals surface area (Å²) in [5, 5.41) is 0. The van der Waals surface area contributed by atoms with Crippen molar-refractivity contribution in [3.8, 4) is 0 Å². The van der Waals surface area contributed by atoms with Gasteiger partial charge < -0.3 is 9.53 Å². The molecule has 0 aromatic carbocycles. The summed E-state index contributed by atoms with van der Waals surface area (Å²) in [6.07, 6.45) is 3.18. The maximum Gasteiger partial charge on any atom is 0.306 e. The van der Waals surface area contributed by atoms with Crippen LogP contribution in [-0.2, 0) is 14.3 Å². The Morgan fingerprint density at radius 2 is 2.33 bits per heavy atom. The SMILES string of the molecule is CC(=O)C[C@H]1CC[C@H]2CC(=O)O[C@@]12CI. The number of ketones is 1. The minimum Gasteiger partial charge on any atom is -0.458 e. The first-order chi connectivity index (χ1) is 7.08. The zero-order valence-electron chi connectivity index (χ0n) is 8.79. The molecule has 1 heterocycles. The van der Waals surface area contributed by atoms with Crippen LogP contribution in [0.4, 0.5) is 0 Å². The van der Waals surface area contributed by atoms with E-state index in [4.69, 9.17) is 4.74 Å². The van der Waals surface area contributed by atoms with E-state index in [1.165, 1.54) is 0 Å². The van der Waals surface area contributed by atoms with Crippen molar-refractivity contribution in [2.45, 2.75) is 38.2 Å². The zero-order valence-corrected chi connectivity index (χ0v) is 11.0. The standard InChI is InChI=1S/C11H15IO3/c1-7(13)4-8-2-3-9-5-10(14)15-11(8,9)6-12/h8-9H,2-6H2,1H3/t8-,9+,11+/m1/s1. The van der Waals surface area contributed by atoms with Crippen molar-refractivity contribution in [1.29, 1.82) is 0 Å². The van der Waals surface area contributed by atoms with Gasteiger partial charge in [0.05, 0.1) is 6.42 Å². The lowest BCUT2D eigenvalue weighted by Gasteiger charge is -2.31.